The molecule has 2 N–H and O–H groups in total. The van der Waals surface area contributed by atoms with Crippen molar-refractivity contribution in [3.05, 3.63) is 29.3 Å². The molecule has 0 aromatic heterocycles. The molecule has 1 fully saturated rings. The monoisotopic (exact) mass is 265 g/mol. The summed E-state index contributed by atoms with van der Waals surface area (Å²) in [6.07, 6.45) is 4.31. The number of hydrogen-bond donors (Lipinski definition) is 1. The Morgan fingerprint density at radius 3 is 2.94 bits per heavy atom. The van der Waals surface area contributed by atoms with Crippen LogP contribution < -0.4 is 5.73 Å². The summed E-state index contributed by atoms with van der Waals surface area (Å²) < 4.78 is 18.0. The number of hydrogen-bond acceptors (Lipinski definition) is 3. The molecule has 0 radical (unpaired) electrons. The van der Waals surface area contributed by atoms with Crippen LogP contribution in [0.3, 0.4) is 0 Å². The zero-order valence-corrected chi connectivity index (χ0v) is 11.2. The van der Waals surface area contributed by atoms with Gasteiger partial charge in [-0.25, -0.2) is 0 Å². The lowest BCUT2D eigenvalue weighted by Gasteiger charge is -2.28. The highest BCUT2D eigenvalue weighted by atomic mass is 32.2. The number of ether oxygens (including phenoxy) is 1. The molecule has 1 aromatic rings. The van der Waals surface area contributed by atoms with Crippen molar-refractivity contribution in [2.24, 2.45) is 5.73 Å². The summed E-state index contributed by atoms with van der Waals surface area (Å²) in [5, 5.41) is -0.0572. The fourth-order valence-electron chi connectivity index (χ4n) is 2.80. The summed E-state index contributed by atoms with van der Waals surface area (Å²) in [5.41, 5.74) is 8.84. The Bertz CT molecular complexity index is 475. The van der Waals surface area contributed by atoms with E-state index in [9.17, 15) is 4.21 Å². The smallest absolute Gasteiger partial charge is 0.0779 e. The summed E-state index contributed by atoms with van der Waals surface area (Å²) in [4.78, 5) is 0.918. The number of fused-ring (bicyclic) bond motifs is 1. The minimum Gasteiger partial charge on any atom is -0.380 e. The van der Waals surface area contributed by atoms with E-state index in [1.807, 2.05) is 6.07 Å². The molecule has 0 amide bonds. The largest absolute Gasteiger partial charge is 0.380 e. The predicted molar refractivity (Wildman–Crippen MR) is 72.1 cm³/mol. The van der Waals surface area contributed by atoms with Crippen molar-refractivity contribution in [2.45, 2.75) is 41.9 Å². The molecule has 1 aliphatic heterocycles. The second kappa shape index (κ2) is 5.11. The van der Waals surface area contributed by atoms with E-state index in [2.05, 4.69) is 12.1 Å². The van der Waals surface area contributed by atoms with E-state index in [-0.39, 0.29) is 11.3 Å². The summed E-state index contributed by atoms with van der Waals surface area (Å²) in [6, 6.07) is 6.24. The summed E-state index contributed by atoms with van der Waals surface area (Å²) in [6.45, 7) is 1.21. The maximum atomic E-state index is 12.6. The molecule has 3 atom stereocenters. The average molecular weight is 265 g/mol. The SMILES string of the molecule is NC1CCOCC1S(=O)c1ccc2c(c1)CCC2. The number of nitrogens with two attached hydrogens (primary N) is 1. The standard InChI is InChI=1S/C14H19NO2S/c15-13-6-7-17-9-14(13)18(16)12-5-4-10-2-1-3-11(10)8-12/h4-5,8,13-14H,1-3,6-7,9,15H2. The van der Waals surface area contributed by atoms with Crippen LogP contribution in [0.4, 0.5) is 0 Å². The maximum absolute atomic E-state index is 12.6. The molecule has 1 saturated heterocycles. The highest BCUT2D eigenvalue weighted by molar-refractivity contribution is 7.85. The van der Waals surface area contributed by atoms with E-state index >= 15 is 0 Å². The van der Waals surface area contributed by atoms with Gasteiger partial charge in [-0.15, -0.1) is 0 Å². The van der Waals surface area contributed by atoms with E-state index in [0.29, 0.717) is 13.2 Å². The molecule has 0 bridgehead atoms. The Kier molecular flexibility index (Phi) is 3.50. The van der Waals surface area contributed by atoms with Gasteiger partial charge in [0, 0.05) is 17.5 Å². The van der Waals surface area contributed by atoms with Crippen LogP contribution in [0.1, 0.15) is 24.0 Å². The summed E-state index contributed by atoms with van der Waals surface area (Å²) >= 11 is 0. The maximum Gasteiger partial charge on any atom is 0.0779 e. The zero-order chi connectivity index (χ0) is 12.5. The van der Waals surface area contributed by atoms with Crippen LogP contribution in [0.5, 0.6) is 0 Å². The molecular formula is C14H19NO2S. The van der Waals surface area contributed by atoms with Crippen molar-refractivity contribution in [3.63, 3.8) is 0 Å². The van der Waals surface area contributed by atoms with Gasteiger partial charge in [0.15, 0.2) is 0 Å². The van der Waals surface area contributed by atoms with Gasteiger partial charge in [-0.05, 0) is 48.9 Å². The molecule has 3 rings (SSSR count). The molecule has 1 aliphatic carbocycles. The first-order valence-electron chi connectivity index (χ1n) is 6.61. The fraction of sp³-hybridized carbons (Fsp3) is 0.571. The van der Waals surface area contributed by atoms with E-state index in [4.69, 9.17) is 10.5 Å². The summed E-state index contributed by atoms with van der Waals surface area (Å²) in [7, 11) is -1.04. The molecular weight excluding hydrogens is 246 g/mol. The number of rotatable bonds is 2. The summed E-state index contributed by atoms with van der Waals surface area (Å²) in [5.74, 6) is 0. The quantitative estimate of drug-likeness (QED) is 0.879. The van der Waals surface area contributed by atoms with Crippen molar-refractivity contribution in [1.82, 2.24) is 0 Å². The molecule has 3 unspecified atom stereocenters. The third kappa shape index (κ3) is 2.25. The van der Waals surface area contributed by atoms with E-state index in [0.717, 1.165) is 24.2 Å². The van der Waals surface area contributed by atoms with Crippen molar-refractivity contribution in [1.29, 1.82) is 0 Å². The van der Waals surface area contributed by atoms with Crippen molar-refractivity contribution < 1.29 is 8.95 Å². The van der Waals surface area contributed by atoms with E-state index in [1.54, 1.807) is 0 Å². The van der Waals surface area contributed by atoms with Gasteiger partial charge in [-0.1, -0.05) is 6.07 Å². The lowest BCUT2D eigenvalue weighted by Crippen LogP contribution is -2.45. The van der Waals surface area contributed by atoms with Gasteiger partial charge in [-0.2, -0.15) is 0 Å². The highest BCUT2D eigenvalue weighted by Crippen LogP contribution is 2.26. The third-order valence-electron chi connectivity index (χ3n) is 3.93. The minimum atomic E-state index is -1.04. The predicted octanol–water partition coefficient (Wildman–Crippen LogP) is 1.40. The second-order valence-corrected chi connectivity index (χ2v) is 6.82. The number of aryl methyl sites for hydroxylation is 2. The van der Waals surface area contributed by atoms with Gasteiger partial charge in [0.05, 0.1) is 22.7 Å². The van der Waals surface area contributed by atoms with Crippen LogP contribution in [0.25, 0.3) is 0 Å². The second-order valence-electron chi connectivity index (χ2n) is 5.15. The third-order valence-corrected chi connectivity index (χ3v) is 5.69. The lowest BCUT2D eigenvalue weighted by molar-refractivity contribution is 0.0904. The first kappa shape index (κ1) is 12.3. The molecule has 1 heterocycles. The normalized spacial score (nSPS) is 28.9. The Hall–Kier alpha value is -0.710. The molecule has 1 aromatic carbocycles. The molecule has 2 aliphatic rings. The Morgan fingerprint density at radius 1 is 1.28 bits per heavy atom. The minimum absolute atomic E-state index is 0.00663. The lowest BCUT2D eigenvalue weighted by atomic mass is 10.1. The molecule has 4 heteroatoms. The topological polar surface area (TPSA) is 52.3 Å². The van der Waals surface area contributed by atoms with Gasteiger partial charge >= 0.3 is 0 Å². The van der Waals surface area contributed by atoms with Gasteiger partial charge < -0.3 is 10.5 Å². The Morgan fingerprint density at radius 2 is 2.11 bits per heavy atom. The fourth-order valence-corrected chi connectivity index (χ4v) is 4.28. The van der Waals surface area contributed by atoms with Crippen LogP contribution in [0.15, 0.2) is 23.1 Å². The number of benzene rings is 1. The average Bonchev–Trinajstić information content (AvgIpc) is 2.85. The van der Waals surface area contributed by atoms with Gasteiger partial charge in [-0.3, -0.25) is 4.21 Å². The molecule has 98 valence electrons. The molecule has 18 heavy (non-hydrogen) atoms. The van der Waals surface area contributed by atoms with Crippen molar-refractivity contribution >= 4 is 10.8 Å². The van der Waals surface area contributed by atoms with E-state index < -0.39 is 10.8 Å². The molecule has 3 nitrogen and oxygen atoms in total. The zero-order valence-electron chi connectivity index (χ0n) is 10.4. The molecule has 0 saturated carbocycles. The van der Waals surface area contributed by atoms with Crippen molar-refractivity contribution in [2.75, 3.05) is 13.2 Å². The van der Waals surface area contributed by atoms with Crippen molar-refractivity contribution in [3.8, 4) is 0 Å². The first-order valence-corrected chi connectivity index (χ1v) is 7.83. The van der Waals surface area contributed by atoms with Crippen LogP contribution in [-0.2, 0) is 28.4 Å². The van der Waals surface area contributed by atoms with Crippen LogP contribution in [-0.4, -0.2) is 28.7 Å². The van der Waals surface area contributed by atoms with Crippen LogP contribution >= 0.6 is 0 Å². The highest BCUT2D eigenvalue weighted by Gasteiger charge is 2.29. The Labute approximate surface area is 110 Å². The Balaban J connectivity index is 1.83. The molecule has 0 spiro atoms. The van der Waals surface area contributed by atoms with Gasteiger partial charge in [0.1, 0.15) is 0 Å². The van der Waals surface area contributed by atoms with Crippen LogP contribution in [0.2, 0.25) is 0 Å². The van der Waals surface area contributed by atoms with Gasteiger partial charge in [0.25, 0.3) is 0 Å². The van der Waals surface area contributed by atoms with E-state index in [1.165, 1.54) is 17.5 Å². The first-order chi connectivity index (χ1) is 8.75. The van der Waals surface area contributed by atoms with Gasteiger partial charge in [0.2, 0.25) is 0 Å². The van der Waals surface area contributed by atoms with Crippen LogP contribution in [0, 0.1) is 0 Å².